The number of amides is 1. The number of aromatic nitrogens is 2. The Hall–Kier alpha value is -2.54. The van der Waals surface area contributed by atoms with Gasteiger partial charge in [-0.2, -0.15) is 0 Å². The highest BCUT2D eigenvalue weighted by molar-refractivity contribution is 9.10. The number of hydrogen-bond acceptors (Lipinski definition) is 4. The van der Waals surface area contributed by atoms with Crippen LogP contribution in [-0.4, -0.2) is 36.0 Å². The van der Waals surface area contributed by atoms with Crippen LogP contribution in [0.2, 0.25) is 0 Å². The lowest BCUT2D eigenvalue weighted by atomic mass is 10.2. The van der Waals surface area contributed by atoms with Gasteiger partial charge in [0.25, 0.3) is 5.91 Å². The van der Waals surface area contributed by atoms with E-state index in [0.29, 0.717) is 28.2 Å². The predicted octanol–water partition coefficient (Wildman–Crippen LogP) is 4.02. The van der Waals surface area contributed by atoms with Gasteiger partial charge in [-0.3, -0.25) is 9.69 Å². The molecule has 0 saturated carbocycles. The van der Waals surface area contributed by atoms with Crippen molar-refractivity contribution < 1.29 is 9.18 Å². The third-order valence-electron chi connectivity index (χ3n) is 4.43. The van der Waals surface area contributed by atoms with Gasteiger partial charge < -0.3 is 4.90 Å². The minimum Gasteiger partial charge on any atom is -0.357 e. The van der Waals surface area contributed by atoms with Crippen LogP contribution in [0.25, 0.3) is 11.0 Å². The minimum atomic E-state index is -0.393. The summed E-state index contributed by atoms with van der Waals surface area (Å²) in [6.07, 6.45) is 0.787. The lowest BCUT2D eigenvalue weighted by molar-refractivity contribution is 0.0985. The first-order valence-corrected chi connectivity index (χ1v) is 9.09. The summed E-state index contributed by atoms with van der Waals surface area (Å²) in [6.45, 7) is 1.29. The van der Waals surface area contributed by atoms with Crippen LogP contribution in [0, 0.1) is 5.82 Å². The fourth-order valence-corrected chi connectivity index (χ4v) is 3.62. The molecular weight excluding hydrogens is 399 g/mol. The van der Waals surface area contributed by atoms with Crippen LogP contribution in [0.5, 0.6) is 0 Å². The van der Waals surface area contributed by atoms with Crippen LogP contribution in [0.15, 0.2) is 46.9 Å². The molecule has 3 aromatic rings. The molecule has 0 saturated heterocycles. The third kappa shape index (κ3) is 2.92. The molecule has 132 valence electrons. The van der Waals surface area contributed by atoms with E-state index in [2.05, 4.69) is 15.9 Å². The summed E-state index contributed by atoms with van der Waals surface area (Å²) in [7, 11) is 1.95. The largest absolute Gasteiger partial charge is 0.357 e. The summed E-state index contributed by atoms with van der Waals surface area (Å²) in [5, 5.41) is 0. The molecule has 0 fully saturated rings. The maximum Gasteiger partial charge on any atom is 0.260 e. The normalized spacial score (nSPS) is 14.3. The highest BCUT2D eigenvalue weighted by Crippen LogP contribution is 2.32. The van der Waals surface area contributed by atoms with Crippen molar-refractivity contribution in [2.75, 3.05) is 29.9 Å². The summed E-state index contributed by atoms with van der Waals surface area (Å²) in [5.41, 5.74) is 1.92. The molecule has 0 atom stereocenters. The number of carbonyl (C=O) groups excluding carboxylic acids is 1. The van der Waals surface area contributed by atoms with Gasteiger partial charge in [0.05, 0.1) is 16.6 Å². The average molecular weight is 415 g/mol. The molecule has 0 unspecified atom stereocenters. The van der Waals surface area contributed by atoms with Crippen LogP contribution in [-0.2, 0) is 0 Å². The maximum atomic E-state index is 13.4. The molecule has 0 N–H and O–H groups in total. The number of hydrogen-bond donors (Lipinski definition) is 0. The lowest BCUT2D eigenvalue weighted by Gasteiger charge is -2.23. The monoisotopic (exact) mass is 414 g/mol. The van der Waals surface area contributed by atoms with Crippen molar-refractivity contribution in [1.82, 2.24) is 9.97 Å². The Morgan fingerprint density at radius 1 is 1.08 bits per heavy atom. The Bertz CT molecular complexity index is 1010. The van der Waals surface area contributed by atoms with Crippen LogP contribution in [0.3, 0.4) is 0 Å². The van der Waals surface area contributed by atoms with Crippen molar-refractivity contribution in [3.8, 4) is 0 Å². The van der Waals surface area contributed by atoms with Crippen molar-refractivity contribution in [2.45, 2.75) is 6.42 Å². The van der Waals surface area contributed by atoms with Crippen molar-refractivity contribution in [3.05, 3.63) is 58.3 Å². The molecule has 26 heavy (non-hydrogen) atoms. The van der Waals surface area contributed by atoms with Gasteiger partial charge in [0.15, 0.2) is 11.6 Å². The Morgan fingerprint density at radius 3 is 2.46 bits per heavy atom. The molecule has 1 aliphatic rings. The molecule has 0 bridgehead atoms. The van der Waals surface area contributed by atoms with Crippen molar-refractivity contribution >= 4 is 44.5 Å². The molecule has 4 rings (SSSR count). The molecule has 1 amide bonds. The predicted molar refractivity (Wildman–Crippen MR) is 103 cm³/mol. The summed E-state index contributed by atoms with van der Waals surface area (Å²) < 4.78 is 13.8. The highest BCUT2D eigenvalue weighted by Gasteiger charge is 2.28. The average Bonchev–Trinajstić information content (AvgIpc) is 2.78. The molecule has 1 aromatic heterocycles. The highest BCUT2D eigenvalue weighted by atomic mass is 79.9. The van der Waals surface area contributed by atoms with E-state index in [-0.39, 0.29) is 5.91 Å². The van der Waals surface area contributed by atoms with Gasteiger partial charge >= 0.3 is 0 Å². The number of carbonyl (C=O) groups is 1. The first-order chi connectivity index (χ1) is 12.5. The topological polar surface area (TPSA) is 49.3 Å². The molecule has 7 heteroatoms. The van der Waals surface area contributed by atoms with E-state index >= 15 is 0 Å². The Labute approximate surface area is 158 Å². The quantitative estimate of drug-likeness (QED) is 0.603. The van der Waals surface area contributed by atoms with Gasteiger partial charge in [-0.1, -0.05) is 12.1 Å². The van der Waals surface area contributed by atoms with E-state index < -0.39 is 5.82 Å². The van der Waals surface area contributed by atoms with Crippen LogP contribution < -0.4 is 9.80 Å². The second-order valence-corrected chi connectivity index (χ2v) is 7.07. The fraction of sp³-hybridized carbons (Fsp3) is 0.211. The van der Waals surface area contributed by atoms with Gasteiger partial charge in [0.1, 0.15) is 5.82 Å². The molecular formula is C19H16BrFN4O. The van der Waals surface area contributed by atoms with Crippen molar-refractivity contribution in [1.29, 1.82) is 0 Å². The van der Waals surface area contributed by atoms with E-state index in [1.807, 2.05) is 36.2 Å². The van der Waals surface area contributed by atoms with E-state index in [4.69, 9.17) is 9.97 Å². The Kier molecular flexibility index (Phi) is 4.32. The fourth-order valence-electron chi connectivity index (χ4n) is 3.10. The second-order valence-electron chi connectivity index (χ2n) is 6.22. The maximum absolute atomic E-state index is 13.4. The molecule has 0 aliphatic carbocycles. The van der Waals surface area contributed by atoms with Crippen LogP contribution in [0.4, 0.5) is 16.0 Å². The zero-order valence-electron chi connectivity index (χ0n) is 14.1. The summed E-state index contributed by atoms with van der Waals surface area (Å²) in [6, 6.07) is 11.7. The van der Waals surface area contributed by atoms with Gasteiger partial charge in [0.2, 0.25) is 0 Å². The summed E-state index contributed by atoms with van der Waals surface area (Å²) in [5.74, 6) is 0.589. The molecule has 5 nitrogen and oxygen atoms in total. The van der Waals surface area contributed by atoms with Crippen molar-refractivity contribution in [2.24, 2.45) is 0 Å². The summed E-state index contributed by atoms with van der Waals surface area (Å²) >= 11 is 3.29. The van der Waals surface area contributed by atoms with Crippen LogP contribution in [0.1, 0.15) is 16.8 Å². The van der Waals surface area contributed by atoms with Gasteiger partial charge in [-0.25, -0.2) is 14.4 Å². The molecule has 0 spiro atoms. The van der Waals surface area contributed by atoms with Gasteiger partial charge in [-0.15, -0.1) is 0 Å². The molecule has 1 aliphatic heterocycles. The van der Waals surface area contributed by atoms with Gasteiger partial charge in [0, 0.05) is 24.6 Å². The zero-order chi connectivity index (χ0) is 18.3. The molecule has 2 heterocycles. The van der Waals surface area contributed by atoms with E-state index in [0.717, 1.165) is 24.0 Å². The van der Waals surface area contributed by atoms with Gasteiger partial charge in [-0.05, 0) is 52.7 Å². The number of para-hydroxylation sites is 2. The van der Waals surface area contributed by atoms with Crippen LogP contribution >= 0.6 is 15.9 Å². The number of halogens is 2. The van der Waals surface area contributed by atoms with E-state index in [1.165, 1.54) is 18.2 Å². The number of rotatable bonds is 1. The molecule has 0 radical (unpaired) electrons. The smallest absolute Gasteiger partial charge is 0.260 e. The Morgan fingerprint density at radius 2 is 1.77 bits per heavy atom. The molecule has 2 aromatic carbocycles. The standard InChI is InChI=1S/C19H16BrFN4O/c1-24-9-4-10-25(19(26)13-8-7-12(21)11-14(13)20)18-17(24)22-15-5-2-3-6-16(15)23-18/h2-3,5-8,11H,4,9-10H2,1H3. The zero-order valence-corrected chi connectivity index (χ0v) is 15.7. The first kappa shape index (κ1) is 16.9. The number of benzene rings is 2. The number of nitrogens with zero attached hydrogens (tertiary/aromatic N) is 4. The third-order valence-corrected chi connectivity index (χ3v) is 5.09. The second kappa shape index (κ2) is 6.64. The first-order valence-electron chi connectivity index (χ1n) is 8.29. The van der Waals surface area contributed by atoms with E-state index in [9.17, 15) is 9.18 Å². The lowest BCUT2D eigenvalue weighted by Crippen LogP contribution is -2.32. The van der Waals surface area contributed by atoms with Crippen molar-refractivity contribution in [3.63, 3.8) is 0 Å². The number of anilines is 2. The Balaban J connectivity index is 1.86. The van der Waals surface area contributed by atoms with E-state index in [1.54, 1.807) is 4.90 Å². The number of fused-ring (bicyclic) bond motifs is 2. The summed E-state index contributed by atoms with van der Waals surface area (Å²) in [4.78, 5) is 26.3. The SMILES string of the molecule is CN1CCCN(C(=O)c2ccc(F)cc2Br)c2nc3ccccc3nc21. The minimum absolute atomic E-state index is 0.224.